The maximum absolute atomic E-state index is 12.9. The first-order valence-electron chi connectivity index (χ1n) is 8.74. The lowest BCUT2D eigenvalue weighted by atomic mass is 10.1. The molecule has 1 amide bonds. The lowest BCUT2D eigenvalue weighted by Crippen LogP contribution is -2.29. The highest BCUT2D eigenvalue weighted by molar-refractivity contribution is 6.11. The number of rotatable bonds is 4. The summed E-state index contributed by atoms with van der Waals surface area (Å²) in [5.74, 6) is -0.0691. The quantitative estimate of drug-likeness (QED) is 0.776. The van der Waals surface area contributed by atoms with E-state index in [2.05, 4.69) is 10.4 Å². The molecule has 0 saturated heterocycles. The van der Waals surface area contributed by atoms with E-state index in [9.17, 15) is 9.59 Å². The van der Waals surface area contributed by atoms with Crippen molar-refractivity contribution in [1.82, 2.24) is 9.78 Å². The van der Waals surface area contributed by atoms with Gasteiger partial charge in [-0.25, -0.2) is 4.68 Å². The zero-order valence-electron chi connectivity index (χ0n) is 15.5. The van der Waals surface area contributed by atoms with Crippen molar-refractivity contribution in [2.45, 2.75) is 34.2 Å². The Bertz CT molecular complexity index is 1010. The summed E-state index contributed by atoms with van der Waals surface area (Å²) in [7, 11) is 0. The molecule has 0 fully saturated rings. The molecule has 0 aliphatic heterocycles. The molecule has 3 rings (SSSR count). The molecule has 0 bridgehead atoms. The SMILES string of the molecule is Cc1cc(C)cc(NC(=O)c2nn(CC(C)C)c(=O)c3ccccc23)c1. The highest BCUT2D eigenvalue weighted by atomic mass is 16.2. The minimum atomic E-state index is -0.316. The van der Waals surface area contributed by atoms with Crippen LogP contribution in [0.5, 0.6) is 0 Å². The molecule has 134 valence electrons. The van der Waals surface area contributed by atoms with E-state index < -0.39 is 0 Å². The molecular formula is C21H23N3O2. The van der Waals surface area contributed by atoms with Crippen molar-refractivity contribution in [3.63, 3.8) is 0 Å². The fourth-order valence-electron chi connectivity index (χ4n) is 3.11. The number of nitrogens with one attached hydrogen (secondary N) is 1. The van der Waals surface area contributed by atoms with Gasteiger partial charge in [0.2, 0.25) is 0 Å². The van der Waals surface area contributed by atoms with Gasteiger partial charge in [-0.15, -0.1) is 0 Å². The highest BCUT2D eigenvalue weighted by Gasteiger charge is 2.17. The fourth-order valence-corrected chi connectivity index (χ4v) is 3.11. The van der Waals surface area contributed by atoms with Crippen LogP contribution in [0, 0.1) is 19.8 Å². The van der Waals surface area contributed by atoms with Gasteiger partial charge >= 0.3 is 0 Å². The van der Waals surface area contributed by atoms with Gasteiger partial charge in [0.15, 0.2) is 5.69 Å². The van der Waals surface area contributed by atoms with E-state index in [-0.39, 0.29) is 23.1 Å². The average molecular weight is 349 g/mol. The molecule has 1 N–H and O–H groups in total. The van der Waals surface area contributed by atoms with Crippen molar-refractivity contribution in [2.75, 3.05) is 5.32 Å². The second-order valence-corrected chi connectivity index (χ2v) is 7.11. The van der Waals surface area contributed by atoms with E-state index in [1.807, 2.05) is 52.0 Å². The number of amides is 1. The number of aryl methyl sites for hydroxylation is 2. The first-order valence-corrected chi connectivity index (χ1v) is 8.74. The van der Waals surface area contributed by atoms with Gasteiger partial charge in [-0.1, -0.05) is 38.1 Å². The van der Waals surface area contributed by atoms with Crippen LogP contribution in [0.4, 0.5) is 5.69 Å². The van der Waals surface area contributed by atoms with Crippen LogP contribution in [-0.4, -0.2) is 15.7 Å². The van der Waals surface area contributed by atoms with Gasteiger partial charge in [0.25, 0.3) is 11.5 Å². The largest absolute Gasteiger partial charge is 0.321 e. The van der Waals surface area contributed by atoms with Crippen LogP contribution in [0.15, 0.2) is 47.3 Å². The van der Waals surface area contributed by atoms with Crippen molar-refractivity contribution in [2.24, 2.45) is 5.92 Å². The molecule has 0 atom stereocenters. The third-order valence-electron chi connectivity index (χ3n) is 4.10. The van der Waals surface area contributed by atoms with Crippen molar-refractivity contribution >= 4 is 22.4 Å². The van der Waals surface area contributed by atoms with Crippen LogP contribution in [0.25, 0.3) is 10.8 Å². The van der Waals surface area contributed by atoms with Gasteiger partial charge < -0.3 is 5.32 Å². The lowest BCUT2D eigenvalue weighted by molar-refractivity contribution is 0.102. The van der Waals surface area contributed by atoms with Crippen molar-refractivity contribution in [3.05, 3.63) is 69.6 Å². The van der Waals surface area contributed by atoms with Gasteiger partial charge in [0.1, 0.15) is 0 Å². The molecule has 1 heterocycles. The van der Waals surface area contributed by atoms with E-state index in [0.717, 1.165) is 16.8 Å². The molecule has 0 radical (unpaired) electrons. The molecule has 1 aromatic heterocycles. The van der Waals surface area contributed by atoms with E-state index in [4.69, 9.17) is 0 Å². The number of aromatic nitrogens is 2. The second-order valence-electron chi connectivity index (χ2n) is 7.11. The Morgan fingerprint density at radius 2 is 1.69 bits per heavy atom. The molecule has 26 heavy (non-hydrogen) atoms. The summed E-state index contributed by atoms with van der Waals surface area (Å²) in [5, 5.41) is 8.37. The topological polar surface area (TPSA) is 64.0 Å². The lowest BCUT2D eigenvalue weighted by Gasteiger charge is -2.13. The Labute approximate surface area is 152 Å². The van der Waals surface area contributed by atoms with Gasteiger partial charge in [0, 0.05) is 17.6 Å². The summed E-state index contributed by atoms with van der Waals surface area (Å²) in [6, 6.07) is 13.0. The monoisotopic (exact) mass is 349 g/mol. The Balaban J connectivity index is 2.09. The summed E-state index contributed by atoms with van der Waals surface area (Å²) in [6.45, 7) is 8.46. The van der Waals surface area contributed by atoms with Crippen LogP contribution in [0.2, 0.25) is 0 Å². The van der Waals surface area contributed by atoms with Crippen LogP contribution in [-0.2, 0) is 6.54 Å². The number of carbonyl (C=O) groups excluding carboxylic acids is 1. The predicted molar refractivity (Wildman–Crippen MR) is 105 cm³/mol. The molecule has 5 heteroatoms. The van der Waals surface area contributed by atoms with E-state index >= 15 is 0 Å². The summed E-state index contributed by atoms with van der Waals surface area (Å²) in [6.07, 6.45) is 0. The Morgan fingerprint density at radius 1 is 1.08 bits per heavy atom. The zero-order chi connectivity index (χ0) is 18.8. The molecule has 3 aromatic rings. The number of fused-ring (bicyclic) bond motifs is 1. The molecular weight excluding hydrogens is 326 g/mol. The van der Waals surface area contributed by atoms with Crippen molar-refractivity contribution in [3.8, 4) is 0 Å². The standard InChI is InChI=1S/C21H23N3O2/c1-13(2)12-24-21(26)18-8-6-5-7-17(18)19(23-24)20(25)22-16-10-14(3)9-15(4)11-16/h5-11,13H,12H2,1-4H3,(H,22,25). The zero-order valence-corrected chi connectivity index (χ0v) is 15.5. The Morgan fingerprint density at radius 3 is 2.31 bits per heavy atom. The van der Waals surface area contributed by atoms with Crippen LogP contribution >= 0.6 is 0 Å². The normalized spacial score (nSPS) is 11.1. The maximum atomic E-state index is 12.9. The first kappa shape index (κ1) is 17.9. The van der Waals surface area contributed by atoms with Gasteiger partial charge in [-0.3, -0.25) is 9.59 Å². The summed E-state index contributed by atoms with van der Waals surface area (Å²) in [4.78, 5) is 25.6. The molecule has 0 aliphatic rings. The van der Waals surface area contributed by atoms with Crippen LogP contribution in [0.3, 0.4) is 0 Å². The molecule has 0 aliphatic carbocycles. The minimum absolute atomic E-state index is 0.169. The Hall–Kier alpha value is -2.95. The summed E-state index contributed by atoms with van der Waals surface area (Å²) < 4.78 is 1.39. The van der Waals surface area contributed by atoms with E-state index in [0.29, 0.717) is 17.3 Å². The fraction of sp³-hybridized carbons (Fsp3) is 0.286. The smallest absolute Gasteiger partial charge is 0.276 e. The first-order chi connectivity index (χ1) is 12.3. The average Bonchev–Trinajstić information content (AvgIpc) is 2.56. The highest BCUT2D eigenvalue weighted by Crippen LogP contribution is 2.18. The third kappa shape index (κ3) is 3.67. The molecule has 5 nitrogen and oxygen atoms in total. The van der Waals surface area contributed by atoms with Gasteiger partial charge in [-0.05, 0) is 49.1 Å². The summed E-state index contributed by atoms with van der Waals surface area (Å²) in [5.41, 5.74) is 2.96. The molecule has 2 aromatic carbocycles. The van der Waals surface area contributed by atoms with Gasteiger partial charge in [-0.2, -0.15) is 5.10 Å². The van der Waals surface area contributed by atoms with Crippen molar-refractivity contribution in [1.29, 1.82) is 0 Å². The van der Waals surface area contributed by atoms with E-state index in [1.54, 1.807) is 18.2 Å². The third-order valence-corrected chi connectivity index (χ3v) is 4.10. The van der Waals surface area contributed by atoms with E-state index in [1.165, 1.54) is 4.68 Å². The predicted octanol–water partition coefficient (Wildman–Crippen LogP) is 3.92. The number of hydrogen-bond donors (Lipinski definition) is 1. The molecule has 0 unspecified atom stereocenters. The van der Waals surface area contributed by atoms with Crippen LogP contribution in [0.1, 0.15) is 35.5 Å². The molecule has 0 spiro atoms. The number of anilines is 1. The van der Waals surface area contributed by atoms with Gasteiger partial charge in [0.05, 0.1) is 5.39 Å². The second kappa shape index (κ2) is 7.12. The number of nitrogens with zero attached hydrogens (tertiary/aromatic N) is 2. The molecule has 0 saturated carbocycles. The van der Waals surface area contributed by atoms with Crippen molar-refractivity contribution < 1.29 is 4.79 Å². The number of benzene rings is 2. The number of hydrogen-bond acceptors (Lipinski definition) is 3. The Kier molecular flexibility index (Phi) is 4.89. The number of carbonyl (C=O) groups is 1. The minimum Gasteiger partial charge on any atom is -0.321 e. The maximum Gasteiger partial charge on any atom is 0.276 e. The van der Waals surface area contributed by atoms with Crippen LogP contribution < -0.4 is 10.9 Å². The summed E-state index contributed by atoms with van der Waals surface area (Å²) >= 11 is 0.